The zero-order valence-electron chi connectivity index (χ0n) is 68.5. The molecule has 0 heterocycles. The minimum Gasteiger partial charge on any atom is -0.545 e. The molecule has 0 saturated carbocycles. The summed E-state index contributed by atoms with van der Waals surface area (Å²) in [6, 6.07) is 0. The molecule has 0 saturated heterocycles. The number of carbonyl (C=O) groups excluding carboxylic acids is 3. The lowest BCUT2D eigenvalue weighted by atomic mass is 10.0. The van der Waals surface area contributed by atoms with Crippen molar-refractivity contribution in [3.8, 4) is 0 Å². The van der Waals surface area contributed by atoms with Crippen LogP contribution >= 0.6 is 0 Å². The van der Waals surface area contributed by atoms with Crippen LogP contribution in [0, 0.1) is 0 Å². The summed E-state index contributed by atoms with van der Waals surface area (Å²) in [5.41, 5.74) is 0. The number of likely N-dealkylation sites (N-methyl/N-ethyl adjacent to an activating group) is 1. The summed E-state index contributed by atoms with van der Waals surface area (Å²) in [6.45, 7) is 4.54. The standard InChI is InChI=1S/C96H161NO8/c1-6-8-10-12-14-16-18-20-22-24-26-28-30-32-34-36-38-40-42-44-46-47-49-50-52-54-56-58-60-62-64-66-68-70-72-74-76-78-80-82-84-86-93(98)103-90-92(91-104-96(95(100)101)102-89-88-97(3,4)5)105-94(99)87-85-83-81-79-77-75-73-71-69-67-65-63-61-59-57-55-53-51-48-45-43-41-39-37-35-33-31-29-27-25-23-21-19-17-15-13-11-9-7-2/h8-11,14-17,20-23,26-29,32-35,39,41,45,48,53,55,59,61,92,96H,6-7,12-13,18-19,24-25,30-31,36-38,40,42-44,46-47,49-52,54,56-58,60,62-91H2,1-5H3/b10-8-,11-9-,16-14-,17-15-,22-20-,23-21-,28-26-,29-27-,34-32-,35-33-,41-39-,48-45-,55-53-,61-59-. The molecule has 0 radical (unpaired) electrons. The molecule has 9 nitrogen and oxygen atoms in total. The monoisotopic (exact) mass is 1460 g/mol. The SMILES string of the molecule is CC/C=C\C/C=C\C/C=C\C/C=C\C/C=C\C/C=C\C/C=C\C/C=C\C/C=C\CCCCCCCCCCCCCC(=O)OC(COC(=O)CCCCCCCCCCCCCCCCCCCCCCCCCCC/C=C\C/C=C\C/C=C\C/C=C\C/C=C\CC)COC(OCC[N+](C)(C)C)C(=O)[O-]. The molecule has 0 aromatic heterocycles. The zero-order chi connectivity index (χ0) is 76.0. The average molecular weight is 1460 g/mol. The highest BCUT2D eigenvalue weighted by Gasteiger charge is 2.22. The van der Waals surface area contributed by atoms with Crippen molar-refractivity contribution in [3.05, 3.63) is 170 Å². The molecule has 0 N–H and O–H groups in total. The lowest BCUT2D eigenvalue weighted by molar-refractivity contribution is -0.870. The topological polar surface area (TPSA) is 111 Å². The van der Waals surface area contributed by atoms with Gasteiger partial charge in [-0.2, -0.15) is 0 Å². The number of hydrogen-bond acceptors (Lipinski definition) is 8. The zero-order valence-corrected chi connectivity index (χ0v) is 68.5. The minimum atomic E-state index is -1.63. The highest BCUT2D eigenvalue weighted by atomic mass is 16.7. The van der Waals surface area contributed by atoms with Crippen molar-refractivity contribution < 1.29 is 42.9 Å². The Hall–Kier alpha value is -5.35. The van der Waals surface area contributed by atoms with Crippen LogP contribution in [0.1, 0.15) is 361 Å². The van der Waals surface area contributed by atoms with Crippen LogP contribution in [0.5, 0.6) is 0 Å². The van der Waals surface area contributed by atoms with Crippen molar-refractivity contribution in [1.82, 2.24) is 0 Å². The molecule has 2 unspecified atom stereocenters. The summed E-state index contributed by atoms with van der Waals surface area (Å²) < 4.78 is 22.9. The lowest BCUT2D eigenvalue weighted by Crippen LogP contribution is -2.44. The van der Waals surface area contributed by atoms with E-state index < -0.39 is 24.3 Å². The molecule has 2 atom stereocenters. The Morgan fingerprint density at radius 2 is 0.514 bits per heavy atom. The maximum absolute atomic E-state index is 13.0. The van der Waals surface area contributed by atoms with Crippen LogP contribution in [0.25, 0.3) is 0 Å². The van der Waals surface area contributed by atoms with E-state index in [1.165, 1.54) is 193 Å². The van der Waals surface area contributed by atoms with Crippen LogP contribution in [0.2, 0.25) is 0 Å². The second kappa shape index (κ2) is 84.3. The number of carbonyl (C=O) groups is 3. The molecule has 0 aliphatic carbocycles. The van der Waals surface area contributed by atoms with Crippen LogP contribution in [0.4, 0.5) is 0 Å². The first kappa shape index (κ1) is 99.7. The second-order valence-electron chi connectivity index (χ2n) is 29.7. The Kier molecular flexibility index (Phi) is 80.0. The summed E-state index contributed by atoms with van der Waals surface area (Å²) in [5.74, 6) is -2.28. The number of nitrogens with zero attached hydrogens (tertiary/aromatic N) is 1. The van der Waals surface area contributed by atoms with Gasteiger partial charge in [0.1, 0.15) is 13.2 Å². The van der Waals surface area contributed by atoms with E-state index in [-0.39, 0.29) is 38.6 Å². The maximum Gasteiger partial charge on any atom is 0.306 e. The van der Waals surface area contributed by atoms with Gasteiger partial charge in [0.15, 0.2) is 12.4 Å². The van der Waals surface area contributed by atoms with Gasteiger partial charge in [-0.05, 0) is 128 Å². The molecule has 0 bridgehead atoms. The molecule has 9 heteroatoms. The van der Waals surface area contributed by atoms with E-state index in [1.807, 2.05) is 21.1 Å². The van der Waals surface area contributed by atoms with Gasteiger partial charge >= 0.3 is 11.9 Å². The number of quaternary nitrogens is 1. The number of aliphatic carboxylic acids is 1. The van der Waals surface area contributed by atoms with E-state index in [2.05, 4.69) is 184 Å². The van der Waals surface area contributed by atoms with Gasteiger partial charge in [-0.3, -0.25) is 9.59 Å². The lowest BCUT2D eigenvalue weighted by Gasteiger charge is -2.26. The normalized spacial score (nSPS) is 13.5. The number of allylic oxidation sites excluding steroid dienone is 28. The Morgan fingerprint density at radius 3 is 0.762 bits per heavy atom. The smallest absolute Gasteiger partial charge is 0.306 e. The Bertz CT molecular complexity index is 2350. The second-order valence-corrected chi connectivity index (χ2v) is 29.7. The van der Waals surface area contributed by atoms with Gasteiger partial charge in [-0.15, -0.1) is 0 Å². The van der Waals surface area contributed by atoms with Gasteiger partial charge in [0, 0.05) is 12.8 Å². The number of unbranched alkanes of at least 4 members (excludes halogenated alkanes) is 36. The number of carboxylic acids is 1. The molecule has 598 valence electrons. The summed E-state index contributed by atoms with van der Waals surface area (Å²) in [7, 11) is 5.94. The van der Waals surface area contributed by atoms with Gasteiger partial charge in [-0.25, -0.2) is 0 Å². The van der Waals surface area contributed by atoms with Crippen molar-refractivity contribution in [1.29, 1.82) is 0 Å². The van der Waals surface area contributed by atoms with Gasteiger partial charge in [-0.1, -0.05) is 389 Å². The molecule has 0 amide bonds. The molecule has 0 fully saturated rings. The van der Waals surface area contributed by atoms with Crippen LogP contribution in [0.15, 0.2) is 170 Å². The van der Waals surface area contributed by atoms with Crippen LogP contribution in [-0.4, -0.2) is 82.3 Å². The van der Waals surface area contributed by atoms with Gasteiger partial charge in [0.2, 0.25) is 0 Å². The third-order valence-corrected chi connectivity index (χ3v) is 18.5. The Labute approximate surface area is 647 Å². The predicted molar refractivity (Wildman–Crippen MR) is 453 cm³/mol. The number of rotatable bonds is 79. The van der Waals surface area contributed by atoms with Crippen LogP contribution in [-0.2, 0) is 33.3 Å². The molecule has 0 aromatic carbocycles. The maximum atomic E-state index is 13.0. The van der Waals surface area contributed by atoms with Gasteiger partial charge in [0.05, 0.1) is 40.3 Å². The highest BCUT2D eigenvalue weighted by molar-refractivity contribution is 5.70. The van der Waals surface area contributed by atoms with Gasteiger partial charge < -0.3 is 33.3 Å². The quantitative estimate of drug-likeness (QED) is 0.0195. The summed E-state index contributed by atoms with van der Waals surface area (Å²) in [6.07, 6.45) is 124. The van der Waals surface area contributed by atoms with Crippen LogP contribution in [0.3, 0.4) is 0 Å². The third-order valence-electron chi connectivity index (χ3n) is 18.5. The molecule has 0 aliphatic rings. The van der Waals surface area contributed by atoms with Crippen molar-refractivity contribution in [3.63, 3.8) is 0 Å². The van der Waals surface area contributed by atoms with Crippen molar-refractivity contribution in [2.75, 3.05) is 47.5 Å². The van der Waals surface area contributed by atoms with Gasteiger partial charge in [0.25, 0.3) is 0 Å². The number of hydrogen-bond donors (Lipinski definition) is 0. The third kappa shape index (κ3) is 85.8. The number of esters is 2. The van der Waals surface area contributed by atoms with Crippen LogP contribution < -0.4 is 5.11 Å². The summed E-state index contributed by atoms with van der Waals surface area (Å²) in [4.78, 5) is 37.7. The van der Waals surface area contributed by atoms with E-state index in [0.29, 0.717) is 17.4 Å². The van der Waals surface area contributed by atoms with E-state index >= 15 is 0 Å². The van der Waals surface area contributed by atoms with E-state index in [9.17, 15) is 19.5 Å². The van der Waals surface area contributed by atoms with Crippen molar-refractivity contribution in [2.24, 2.45) is 0 Å². The van der Waals surface area contributed by atoms with Crippen molar-refractivity contribution in [2.45, 2.75) is 373 Å². The highest BCUT2D eigenvalue weighted by Crippen LogP contribution is 2.19. The molecule has 0 spiro atoms. The first-order valence-corrected chi connectivity index (χ1v) is 43.3. The minimum absolute atomic E-state index is 0.142. The first-order chi connectivity index (χ1) is 51.6. The fraction of sp³-hybridized carbons (Fsp3) is 0.677. The van der Waals surface area contributed by atoms with Crippen molar-refractivity contribution >= 4 is 17.9 Å². The summed E-state index contributed by atoms with van der Waals surface area (Å²) in [5, 5.41) is 11.9. The molecule has 0 aromatic rings. The largest absolute Gasteiger partial charge is 0.545 e. The Morgan fingerprint density at radius 1 is 0.286 bits per heavy atom. The number of ether oxygens (including phenoxy) is 4. The summed E-state index contributed by atoms with van der Waals surface area (Å²) >= 11 is 0. The first-order valence-electron chi connectivity index (χ1n) is 43.3. The molecule has 105 heavy (non-hydrogen) atoms. The molecule has 0 rings (SSSR count). The molecule has 0 aliphatic heterocycles. The molecular formula is C96H161NO8. The van der Waals surface area contributed by atoms with E-state index in [4.69, 9.17) is 18.9 Å². The Balaban J connectivity index is 4.01. The predicted octanol–water partition coefficient (Wildman–Crippen LogP) is 27.1. The fourth-order valence-electron chi connectivity index (χ4n) is 12.0. The average Bonchev–Trinajstić information content (AvgIpc) is 1.97. The fourth-order valence-corrected chi connectivity index (χ4v) is 12.0. The number of carboxylic acid groups (broad SMARTS) is 1. The van der Waals surface area contributed by atoms with E-state index in [1.54, 1.807) is 0 Å². The molecular weight excluding hydrogens is 1300 g/mol. The van der Waals surface area contributed by atoms with E-state index in [0.717, 1.165) is 135 Å².